The van der Waals surface area contributed by atoms with Gasteiger partial charge in [0.1, 0.15) is 5.82 Å². The molecule has 0 amide bonds. The second-order valence-corrected chi connectivity index (χ2v) is 3.83. The number of nitrogens with zero attached hydrogens (tertiary/aromatic N) is 2. The molecule has 0 fully saturated rings. The first kappa shape index (κ1) is 8.99. The maximum Gasteiger partial charge on any atom is 0.271 e. The van der Waals surface area contributed by atoms with Crippen LogP contribution in [0.3, 0.4) is 0 Å². The van der Waals surface area contributed by atoms with Gasteiger partial charge in [0, 0.05) is 12.5 Å². The molecule has 0 aliphatic carbocycles. The van der Waals surface area contributed by atoms with E-state index in [0.29, 0.717) is 11.6 Å². The molecule has 0 bridgehead atoms. The molecule has 2 rings (SSSR count). The van der Waals surface area contributed by atoms with Gasteiger partial charge in [-0.2, -0.15) is 0 Å². The van der Waals surface area contributed by atoms with Gasteiger partial charge >= 0.3 is 0 Å². The van der Waals surface area contributed by atoms with Gasteiger partial charge in [0.05, 0.1) is 0 Å². The lowest BCUT2D eigenvalue weighted by Gasteiger charge is -1.97. The van der Waals surface area contributed by atoms with Gasteiger partial charge in [0.2, 0.25) is 0 Å². The van der Waals surface area contributed by atoms with Crippen molar-refractivity contribution in [3.8, 4) is 0 Å². The Labute approximate surface area is 81.6 Å². The molecule has 0 aliphatic heterocycles. The van der Waals surface area contributed by atoms with Crippen LogP contribution in [0.25, 0.3) is 5.65 Å². The lowest BCUT2D eigenvalue weighted by molar-refractivity contribution is 0.619. The van der Waals surface area contributed by atoms with E-state index in [1.165, 1.54) is 10.6 Å². The molecule has 0 aliphatic rings. The Bertz CT molecular complexity index is 495. The lowest BCUT2D eigenvalue weighted by Crippen LogP contribution is -2.11. The number of aromatic nitrogens is 3. The summed E-state index contributed by atoms with van der Waals surface area (Å²) in [4.78, 5) is 15.7. The van der Waals surface area contributed by atoms with Gasteiger partial charge in [-0.15, -0.1) is 0 Å². The molecule has 2 heterocycles. The number of hydrogen-bond donors (Lipinski definition) is 1. The molecule has 0 saturated heterocycles. The molecular formula is C10H13N3O. The van der Waals surface area contributed by atoms with Crippen molar-refractivity contribution in [3.63, 3.8) is 0 Å². The smallest absolute Gasteiger partial charge is 0.271 e. The highest BCUT2D eigenvalue weighted by Gasteiger charge is 2.04. The fourth-order valence-electron chi connectivity index (χ4n) is 1.45. The summed E-state index contributed by atoms with van der Waals surface area (Å²) >= 11 is 0. The molecular weight excluding hydrogens is 178 g/mol. The van der Waals surface area contributed by atoms with E-state index < -0.39 is 0 Å². The number of rotatable bonds is 2. The minimum atomic E-state index is -0.0648. The highest BCUT2D eigenvalue weighted by Crippen LogP contribution is 2.04. The van der Waals surface area contributed by atoms with Crippen molar-refractivity contribution in [3.05, 3.63) is 34.4 Å². The average Bonchev–Trinajstić information content (AvgIpc) is 2.47. The molecule has 2 aromatic heterocycles. The molecule has 4 heteroatoms. The van der Waals surface area contributed by atoms with Crippen molar-refractivity contribution < 1.29 is 0 Å². The number of fused-ring (bicyclic) bond motifs is 1. The van der Waals surface area contributed by atoms with Crippen LogP contribution in [-0.4, -0.2) is 14.6 Å². The van der Waals surface area contributed by atoms with E-state index in [2.05, 4.69) is 23.9 Å². The Morgan fingerprint density at radius 1 is 1.50 bits per heavy atom. The summed E-state index contributed by atoms with van der Waals surface area (Å²) in [5, 5.41) is 2.99. The number of nitrogens with one attached hydrogen (secondary N) is 1. The second kappa shape index (κ2) is 3.29. The summed E-state index contributed by atoms with van der Waals surface area (Å²) in [6, 6.07) is 5.06. The Morgan fingerprint density at radius 3 is 2.93 bits per heavy atom. The second-order valence-electron chi connectivity index (χ2n) is 3.83. The maximum absolute atomic E-state index is 11.4. The number of pyridine rings is 1. The fraction of sp³-hybridized carbons (Fsp3) is 0.400. The van der Waals surface area contributed by atoms with Crippen LogP contribution >= 0.6 is 0 Å². The van der Waals surface area contributed by atoms with Crippen molar-refractivity contribution >= 4 is 5.65 Å². The largest absolute Gasteiger partial charge is 0.276 e. The van der Waals surface area contributed by atoms with E-state index in [4.69, 9.17) is 0 Å². The maximum atomic E-state index is 11.4. The SMILES string of the molecule is CC(C)Cc1nc2cccc(=O)n2[nH]1. The van der Waals surface area contributed by atoms with Crippen LogP contribution in [0.5, 0.6) is 0 Å². The number of aromatic amines is 1. The Morgan fingerprint density at radius 2 is 2.29 bits per heavy atom. The molecule has 2 aromatic rings. The van der Waals surface area contributed by atoms with Gasteiger partial charge < -0.3 is 0 Å². The molecule has 4 nitrogen and oxygen atoms in total. The highest BCUT2D eigenvalue weighted by molar-refractivity contribution is 5.36. The Balaban J connectivity index is 2.52. The van der Waals surface area contributed by atoms with E-state index in [-0.39, 0.29) is 5.56 Å². The monoisotopic (exact) mass is 191 g/mol. The van der Waals surface area contributed by atoms with Crippen LogP contribution in [-0.2, 0) is 6.42 Å². The standard InChI is InChI=1S/C10H13N3O/c1-7(2)6-8-11-9-4-3-5-10(14)13(9)12-8/h3-5,7H,6H2,1-2H3,(H,11,12). The fourth-order valence-corrected chi connectivity index (χ4v) is 1.45. The zero-order valence-electron chi connectivity index (χ0n) is 8.32. The molecule has 0 unspecified atom stereocenters. The highest BCUT2D eigenvalue weighted by atomic mass is 16.1. The van der Waals surface area contributed by atoms with Crippen molar-refractivity contribution in [2.24, 2.45) is 5.92 Å². The van der Waals surface area contributed by atoms with Gasteiger partial charge in [-0.1, -0.05) is 19.9 Å². The third kappa shape index (κ3) is 1.55. The molecule has 0 saturated carbocycles. The van der Waals surface area contributed by atoms with Crippen LogP contribution in [0.4, 0.5) is 0 Å². The molecule has 0 atom stereocenters. The minimum absolute atomic E-state index is 0.0648. The lowest BCUT2D eigenvalue weighted by atomic mass is 10.1. The van der Waals surface area contributed by atoms with Crippen LogP contribution in [0.1, 0.15) is 19.7 Å². The van der Waals surface area contributed by atoms with E-state index >= 15 is 0 Å². The minimum Gasteiger partial charge on any atom is -0.276 e. The molecule has 74 valence electrons. The number of hydrogen-bond acceptors (Lipinski definition) is 2. The van der Waals surface area contributed by atoms with Crippen LogP contribution in [0.2, 0.25) is 0 Å². The zero-order chi connectivity index (χ0) is 10.1. The predicted molar refractivity (Wildman–Crippen MR) is 54.4 cm³/mol. The zero-order valence-corrected chi connectivity index (χ0v) is 8.32. The van der Waals surface area contributed by atoms with Gasteiger partial charge in [0.25, 0.3) is 5.56 Å². The van der Waals surface area contributed by atoms with Crippen LogP contribution < -0.4 is 5.56 Å². The third-order valence-corrected chi connectivity index (χ3v) is 2.03. The van der Waals surface area contributed by atoms with E-state index in [0.717, 1.165) is 12.2 Å². The van der Waals surface area contributed by atoms with Crippen molar-refractivity contribution in [2.45, 2.75) is 20.3 Å². The van der Waals surface area contributed by atoms with Gasteiger partial charge in [-0.05, 0) is 12.0 Å². The number of H-pyrrole nitrogens is 1. The third-order valence-electron chi connectivity index (χ3n) is 2.03. The van der Waals surface area contributed by atoms with E-state index in [9.17, 15) is 4.79 Å². The summed E-state index contributed by atoms with van der Waals surface area (Å²) in [5.74, 6) is 1.40. The normalized spacial score (nSPS) is 11.4. The van der Waals surface area contributed by atoms with Gasteiger partial charge in [-0.3, -0.25) is 9.89 Å². The summed E-state index contributed by atoms with van der Waals surface area (Å²) in [6.07, 6.45) is 0.862. The van der Waals surface area contributed by atoms with Crippen molar-refractivity contribution in [1.82, 2.24) is 14.6 Å². The van der Waals surface area contributed by atoms with E-state index in [1.54, 1.807) is 6.07 Å². The first-order chi connectivity index (χ1) is 6.66. The van der Waals surface area contributed by atoms with Crippen LogP contribution in [0.15, 0.2) is 23.0 Å². The van der Waals surface area contributed by atoms with Crippen LogP contribution in [0, 0.1) is 5.92 Å². The molecule has 14 heavy (non-hydrogen) atoms. The van der Waals surface area contributed by atoms with Gasteiger partial charge in [0.15, 0.2) is 5.65 Å². The predicted octanol–water partition coefficient (Wildman–Crippen LogP) is 1.22. The van der Waals surface area contributed by atoms with Gasteiger partial charge in [-0.25, -0.2) is 9.50 Å². The summed E-state index contributed by atoms with van der Waals surface area (Å²) in [6.45, 7) is 4.24. The molecule has 0 aromatic carbocycles. The van der Waals surface area contributed by atoms with Crippen molar-refractivity contribution in [2.75, 3.05) is 0 Å². The summed E-state index contributed by atoms with van der Waals surface area (Å²) in [7, 11) is 0. The van der Waals surface area contributed by atoms with E-state index in [1.807, 2.05) is 6.07 Å². The Hall–Kier alpha value is -1.58. The molecule has 0 spiro atoms. The quantitative estimate of drug-likeness (QED) is 0.776. The first-order valence-corrected chi connectivity index (χ1v) is 4.73. The first-order valence-electron chi connectivity index (χ1n) is 4.73. The van der Waals surface area contributed by atoms with Crippen molar-refractivity contribution in [1.29, 1.82) is 0 Å². The Kier molecular flexibility index (Phi) is 2.11. The summed E-state index contributed by atoms with van der Waals surface area (Å²) < 4.78 is 1.47. The summed E-state index contributed by atoms with van der Waals surface area (Å²) in [5.41, 5.74) is 0.623. The average molecular weight is 191 g/mol. The molecule has 0 radical (unpaired) electrons. The topological polar surface area (TPSA) is 50.2 Å². The molecule has 1 N–H and O–H groups in total.